The second-order valence-corrected chi connectivity index (χ2v) is 4.17. The summed E-state index contributed by atoms with van der Waals surface area (Å²) in [6.07, 6.45) is 6.86. The smallest absolute Gasteiger partial charge is 0.00720 e. The van der Waals surface area contributed by atoms with E-state index in [2.05, 4.69) is 13.8 Å². The molecule has 0 amide bonds. The highest BCUT2D eigenvalue weighted by atomic mass is 14.5. The van der Waals surface area contributed by atoms with Crippen molar-refractivity contribution in [2.24, 2.45) is 17.1 Å². The standard InChI is InChI=1S/C10H21N/c1-3-10(2,7-8-11)9-5-4-6-9/h9H,3-8,11H2,1-2H3. The molecule has 0 aromatic rings. The van der Waals surface area contributed by atoms with Gasteiger partial charge in [0.25, 0.3) is 0 Å². The zero-order chi connectivity index (χ0) is 8.32. The van der Waals surface area contributed by atoms with E-state index in [4.69, 9.17) is 5.73 Å². The van der Waals surface area contributed by atoms with Gasteiger partial charge >= 0.3 is 0 Å². The van der Waals surface area contributed by atoms with Crippen LogP contribution in [0.3, 0.4) is 0 Å². The van der Waals surface area contributed by atoms with Gasteiger partial charge in [0.2, 0.25) is 0 Å². The Hall–Kier alpha value is -0.0400. The molecule has 2 N–H and O–H groups in total. The molecule has 1 saturated carbocycles. The maximum absolute atomic E-state index is 5.61. The van der Waals surface area contributed by atoms with Crippen molar-refractivity contribution in [3.63, 3.8) is 0 Å². The first-order chi connectivity index (χ1) is 5.23. The molecular weight excluding hydrogens is 134 g/mol. The van der Waals surface area contributed by atoms with Crippen molar-refractivity contribution in [3.8, 4) is 0 Å². The largest absolute Gasteiger partial charge is 0.330 e. The molecule has 66 valence electrons. The van der Waals surface area contributed by atoms with E-state index in [0.717, 1.165) is 12.5 Å². The minimum atomic E-state index is 0.562. The van der Waals surface area contributed by atoms with Crippen LogP contribution in [-0.2, 0) is 0 Å². The van der Waals surface area contributed by atoms with E-state index in [1.807, 2.05) is 0 Å². The minimum absolute atomic E-state index is 0.562. The number of hydrogen-bond donors (Lipinski definition) is 1. The average molecular weight is 155 g/mol. The molecule has 1 fully saturated rings. The van der Waals surface area contributed by atoms with Gasteiger partial charge in [-0.3, -0.25) is 0 Å². The van der Waals surface area contributed by atoms with Crippen LogP contribution in [0.4, 0.5) is 0 Å². The Morgan fingerprint density at radius 3 is 2.36 bits per heavy atom. The van der Waals surface area contributed by atoms with E-state index in [1.54, 1.807) is 0 Å². The Labute approximate surface area is 70.4 Å². The van der Waals surface area contributed by atoms with Crippen LogP contribution in [-0.4, -0.2) is 6.54 Å². The number of rotatable bonds is 4. The summed E-state index contributed by atoms with van der Waals surface area (Å²) >= 11 is 0. The van der Waals surface area contributed by atoms with E-state index in [-0.39, 0.29) is 0 Å². The zero-order valence-electron chi connectivity index (χ0n) is 7.90. The van der Waals surface area contributed by atoms with Crippen LogP contribution < -0.4 is 5.73 Å². The number of nitrogens with two attached hydrogens (primary N) is 1. The summed E-state index contributed by atoms with van der Waals surface area (Å²) in [5.41, 5.74) is 6.17. The molecule has 1 aliphatic rings. The lowest BCUT2D eigenvalue weighted by molar-refractivity contribution is 0.0892. The maximum atomic E-state index is 5.61. The van der Waals surface area contributed by atoms with Crippen molar-refractivity contribution in [1.82, 2.24) is 0 Å². The number of hydrogen-bond acceptors (Lipinski definition) is 1. The quantitative estimate of drug-likeness (QED) is 0.663. The van der Waals surface area contributed by atoms with Crippen molar-refractivity contribution < 1.29 is 0 Å². The molecule has 0 aliphatic heterocycles. The van der Waals surface area contributed by atoms with Crippen molar-refractivity contribution in [2.45, 2.75) is 46.0 Å². The molecule has 1 nitrogen and oxygen atoms in total. The first kappa shape index (κ1) is 9.05. The van der Waals surface area contributed by atoms with E-state index in [0.29, 0.717) is 5.41 Å². The van der Waals surface area contributed by atoms with Crippen molar-refractivity contribution in [3.05, 3.63) is 0 Å². The van der Waals surface area contributed by atoms with Crippen LogP contribution in [0, 0.1) is 11.3 Å². The van der Waals surface area contributed by atoms with Gasteiger partial charge in [-0.05, 0) is 37.1 Å². The maximum Gasteiger partial charge on any atom is -0.00720 e. The summed E-state index contributed by atoms with van der Waals surface area (Å²) in [7, 11) is 0. The fourth-order valence-corrected chi connectivity index (χ4v) is 2.10. The second-order valence-electron chi connectivity index (χ2n) is 4.17. The highest BCUT2D eigenvalue weighted by Crippen LogP contribution is 2.45. The fourth-order valence-electron chi connectivity index (χ4n) is 2.10. The fraction of sp³-hybridized carbons (Fsp3) is 1.00. The predicted octanol–water partition coefficient (Wildman–Crippen LogP) is 2.55. The summed E-state index contributed by atoms with van der Waals surface area (Å²) in [6, 6.07) is 0. The molecule has 11 heavy (non-hydrogen) atoms. The van der Waals surface area contributed by atoms with Crippen LogP contribution in [0.25, 0.3) is 0 Å². The van der Waals surface area contributed by atoms with E-state index >= 15 is 0 Å². The third-order valence-corrected chi connectivity index (χ3v) is 3.61. The van der Waals surface area contributed by atoms with Crippen molar-refractivity contribution in [1.29, 1.82) is 0 Å². The van der Waals surface area contributed by atoms with E-state index in [1.165, 1.54) is 32.1 Å². The summed E-state index contributed by atoms with van der Waals surface area (Å²) in [6.45, 7) is 5.57. The normalized spacial score (nSPS) is 24.3. The molecule has 0 heterocycles. The molecule has 0 bridgehead atoms. The van der Waals surface area contributed by atoms with Gasteiger partial charge in [-0.25, -0.2) is 0 Å². The Kier molecular flexibility index (Phi) is 2.94. The van der Waals surface area contributed by atoms with Crippen LogP contribution in [0.15, 0.2) is 0 Å². The Morgan fingerprint density at radius 2 is 2.09 bits per heavy atom. The minimum Gasteiger partial charge on any atom is -0.330 e. The molecule has 0 aromatic heterocycles. The van der Waals surface area contributed by atoms with Crippen molar-refractivity contribution >= 4 is 0 Å². The van der Waals surface area contributed by atoms with Gasteiger partial charge in [0.1, 0.15) is 0 Å². The van der Waals surface area contributed by atoms with Crippen molar-refractivity contribution in [2.75, 3.05) is 6.54 Å². The van der Waals surface area contributed by atoms with Crippen LogP contribution in [0.1, 0.15) is 46.0 Å². The first-order valence-electron chi connectivity index (χ1n) is 4.93. The van der Waals surface area contributed by atoms with Crippen LogP contribution in [0.2, 0.25) is 0 Å². The van der Waals surface area contributed by atoms with Crippen LogP contribution >= 0.6 is 0 Å². The molecule has 1 heteroatoms. The van der Waals surface area contributed by atoms with Gasteiger partial charge in [-0.1, -0.05) is 26.7 Å². The highest BCUT2D eigenvalue weighted by Gasteiger charge is 2.35. The Morgan fingerprint density at radius 1 is 1.45 bits per heavy atom. The average Bonchev–Trinajstić information content (AvgIpc) is 1.84. The predicted molar refractivity (Wildman–Crippen MR) is 49.4 cm³/mol. The van der Waals surface area contributed by atoms with Gasteiger partial charge in [0.15, 0.2) is 0 Å². The Balaban J connectivity index is 2.43. The molecule has 1 aliphatic carbocycles. The van der Waals surface area contributed by atoms with Gasteiger partial charge in [-0.15, -0.1) is 0 Å². The molecule has 0 radical (unpaired) electrons. The van der Waals surface area contributed by atoms with Gasteiger partial charge < -0.3 is 5.73 Å². The lowest BCUT2D eigenvalue weighted by atomic mass is 9.63. The van der Waals surface area contributed by atoms with E-state index in [9.17, 15) is 0 Å². The third-order valence-electron chi connectivity index (χ3n) is 3.61. The first-order valence-corrected chi connectivity index (χ1v) is 4.93. The second kappa shape index (κ2) is 3.57. The summed E-state index contributed by atoms with van der Waals surface area (Å²) in [5, 5.41) is 0. The van der Waals surface area contributed by atoms with Gasteiger partial charge in [0, 0.05) is 0 Å². The molecule has 1 rings (SSSR count). The topological polar surface area (TPSA) is 26.0 Å². The van der Waals surface area contributed by atoms with Gasteiger partial charge in [-0.2, -0.15) is 0 Å². The lowest BCUT2D eigenvalue weighted by Crippen LogP contribution is -2.33. The zero-order valence-corrected chi connectivity index (χ0v) is 7.90. The lowest BCUT2D eigenvalue weighted by Gasteiger charge is -2.42. The molecule has 0 aromatic carbocycles. The summed E-state index contributed by atoms with van der Waals surface area (Å²) in [4.78, 5) is 0. The van der Waals surface area contributed by atoms with Crippen LogP contribution in [0.5, 0.6) is 0 Å². The Bertz CT molecular complexity index is 118. The molecular formula is C10H21N. The molecule has 1 unspecified atom stereocenters. The summed E-state index contributed by atoms with van der Waals surface area (Å²) in [5.74, 6) is 0.982. The third kappa shape index (κ3) is 1.76. The van der Waals surface area contributed by atoms with E-state index < -0.39 is 0 Å². The molecule has 1 atom stereocenters. The monoisotopic (exact) mass is 155 g/mol. The SMILES string of the molecule is CCC(C)(CCN)C1CCC1. The van der Waals surface area contributed by atoms with Gasteiger partial charge in [0.05, 0.1) is 0 Å². The molecule has 0 spiro atoms. The molecule has 0 saturated heterocycles. The highest BCUT2D eigenvalue weighted by molar-refractivity contribution is 4.86. The summed E-state index contributed by atoms with van der Waals surface area (Å²) < 4.78 is 0.